The number of thiophene rings is 3. The van der Waals surface area contributed by atoms with Crippen LogP contribution in [0.25, 0.3) is 62.4 Å². The van der Waals surface area contributed by atoms with Crippen LogP contribution in [0.3, 0.4) is 0 Å². The molecule has 1 aromatic carbocycles. The van der Waals surface area contributed by atoms with Crippen LogP contribution in [0.1, 0.15) is 101 Å². The van der Waals surface area contributed by atoms with Crippen LogP contribution in [-0.4, -0.2) is 35.2 Å². The summed E-state index contributed by atoms with van der Waals surface area (Å²) >= 11 is 5.24. The van der Waals surface area contributed by atoms with E-state index in [1.165, 1.54) is 74.0 Å². The largest absolute Gasteiger partial charge is 0.381 e. The average molecular weight is 741 g/mol. The molecule has 7 heterocycles. The SMILES string of the molecule is CCCCCCCCOCCc1cc2c(cc3c4sc5c6c(ccc(c(=O)n23)c46)c(=O)n2c3cc(CCOCCCCCCCC)sc3cc52)s1. The minimum absolute atomic E-state index is 0.00943. The number of hydrogen-bond donors (Lipinski definition) is 0. The van der Waals surface area contributed by atoms with Gasteiger partial charge in [0.25, 0.3) is 11.1 Å². The van der Waals surface area contributed by atoms with E-state index in [4.69, 9.17) is 9.47 Å². The van der Waals surface area contributed by atoms with E-state index in [1.54, 1.807) is 34.0 Å². The van der Waals surface area contributed by atoms with Gasteiger partial charge in [-0.25, -0.2) is 0 Å². The second-order valence-corrected chi connectivity index (χ2v) is 17.6. The minimum Gasteiger partial charge on any atom is -0.381 e. The number of fused-ring (bicyclic) bond motifs is 8. The topological polar surface area (TPSA) is 61.4 Å². The zero-order valence-electron chi connectivity index (χ0n) is 29.9. The molecule has 9 heteroatoms. The fraction of sp³-hybridized carbons (Fsp3) is 0.476. The molecule has 0 aliphatic carbocycles. The first-order valence-electron chi connectivity index (χ1n) is 19.2. The maximum absolute atomic E-state index is 14.1. The summed E-state index contributed by atoms with van der Waals surface area (Å²) in [5.41, 5.74) is 3.81. The van der Waals surface area contributed by atoms with Gasteiger partial charge in [-0.1, -0.05) is 78.1 Å². The van der Waals surface area contributed by atoms with Crippen molar-refractivity contribution in [3.8, 4) is 0 Å². The number of rotatable bonds is 20. The Morgan fingerprint density at radius 1 is 0.510 bits per heavy atom. The summed E-state index contributed by atoms with van der Waals surface area (Å²) in [4.78, 5) is 30.8. The minimum atomic E-state index is -0.00943. The van der Waals surface area contributed by atoms with Gasteiger partial charge < -0.3 is 9.47 Å². The predicted octanol–water partition coefficient (Wildman–Crippen LogP) is 11.6. The maximum Gasteiger partial charge on any atom is 0.263 e. The highest BCUT2D eigenvalue weighted by Gasteiger charge is 2.24. The molecule has 0 N–H and O–H groups in total. The van der Waals surface area contributed by atoms with Crippen molar-refractivity contribution in [2.75, 3.05) is 26.4 Å². The van der Waals surface area contributed by atoms with Crippen LogP contribution in [0, 0.1) is 0 Å². The van der Waals surface area contributed by atoms with Gasteiger partial charge in [0.15, 0.2) is 0 Å². The normalized spacial score (nSPS) is 12.7. The molecule has 0 aliphatic rings. The maximum atomic E-state index is 14.1. The van der Waals surface area contributed by atoms with Crippen molar-refractivity contribution in [3.63, 3.8) is 0 Å². The summed E-state index contributed by atoms with van der Waals surface area (Å²) in [7, 11) is 0. The molecule has 51 heavy (non-hydrogen) atoms. The highest BCUT2D eigenvalue weighted by molar-refractivity contribution is 7.28. The van der Waals surface area contributed by atoms with Gasteiger partial charge in [0, 0.05) is 57.4 Å². The van der Waals surface area contributed by atoms with Gasteiger partial charge in [-0.2, -0.15) is 0 Å². The summed E-state index contributed by atoms with van der Waals surface area (Å²) in [6.45, 7) is 7.55. The summed E-state index contributed by atoms with van der Waals surface area (Å²) < 4.78 is 20.2. The molecule has 0 fully saturated rings. The number of aromatic nitrogens is 2. The van der Waals surface area contributed by atoms with Crippen LogP contribution in [0.5, 0.6) is 0 Å². The fourth-order valence-electron chi connectivity index (χ4n) is 7.86. The summed E-state index contributed by atoms with van der Waals surface area (Å²) in [6, 6.07) is 12.5. The van der Waals surface area contributed by atoms with Crippen LogP contribution >= 0.6 is 34.0 Å². The number of nitrogens with zero attached hydrogens (tertiary/aromatic N) is 2. The zero-order chi connectivity index (χ0) is 34.9. The third-order valence-electron chi connectivity index (χ3n) is 10.5. The van der Waals surface area contributed by atoms with E-state index in [-0.39, 0.29) is 11.1 Å². The lowest BCUT2D eigenvalue weighted by Crippen LogP contribution is -2.14. The van der Waals surface area contributed by atoms with E-state index in [2.05, 4.69) is 38.1 Å². The first-order valence-corrected chi connectivity index (χ1v) is 21.7. The molecule has 0 atom stereocenters. The highest BCUT2D eigenvalue weighted by Crippen LogP contribution is 2.45. The second kappa shape index (κ2) is 15.5. The third kappa shape index (κ3) is 6.58. The summed E-state index contributed by atoms with van der Waals surface area (Å²) in [6.07, 6.45) is 16.9. The molecule has 7 aromatic heterocycles. The molecule has 0 saturated heterocycles. The number of hydrogen-bond acceptors (Lipinski definition) is 7. The molecule has 0 aliphatic heterocycles. The van der Waals surface area contributed by atoms with Crippen LogP contribution < -0.4 is 11.1 Å². The molecule has 6 nitrogen and oxygen atoms in total. The van der Waals surface area contributed by atoms with E-state index in [0.29, 0.717) is 24.0 Å². The Morgan fingerprint density at radius 2 is 0.941 bits per heavy atom. The molecule has 268 valence electrons. The van der Waals surface area contributed by atoms with Crippen LogP contribution in [0.15, 0.2) is 46.0 Å². The molecule has 0 unspecified atom stereocenters. The Labute approximate surface area is 310 Å². The van der Waals surface area contributed by atoms with E-state index < -0.39 is 0 Å². The Balaban J connectivity index is 1.04. The van der Waals surface area contributed by atoms with E-state index >= 15 is 0 Å². The number of pyridine rings is 2. The molecule has 0 saturated carbocycles. The zero-order valence-corrected chi connectivity index (χ0v) is 32.4. The van der Waals surface area contributed by atoms with Crippen LogP contribution in [0.2, 0.25) is 0 Å². The second-order valence-electron chi connectivity index (χ2n) is 14.2. The van der Waals surface area contributed by atoms with E-state index in [1.807, 2.05) is 20.9 Å². The Hall–Kier alpha value is -3.08. The van der Waals surface area contributed by atoms with E-state index in [0.717, 1.165) is 90.5 Å². The predicted molar refractivity (Wildman–Crippen MR) is 220 cm³/mol. The molecule has 0 spiro atoms. The molecular weight excluding hydrogens is 693 g/mol. The quantitative estimate of drug-likeness (QED) is 0.0576. The Morgan fingerprint density at radius 3 is 1.39 bits per heavy atom. The van der Waals surface area contributed by atoms with Gasteiger partial charge >= 0.3 is 0 Å². The molecule has 0 amide bonds. The number of benzene rings is 1. The first-order chi connectivity index (χ1) is 25.1. The van der Waals surface area contributed by atoms with Gasteiger partial charge in [-0.15, -0.1) is 34.0 Å². The van der Waals surface area contributed by atoms with Gasteiger partial charge in [0.1, 0.15) is 0 Å². The van der Waals surface area contributed by atoms with Crippen LogP contribution in [0.4, 0.5) is 0 Å². The summed E-state index contributed by atoms with van der Waals surface area (Å²) in [5.74, 6) is 0. The van der Waals surface area contributed by atoms with Gasteiger partial charge in [0.2, 0.25) is 0 Å². The molecule has 0 radical (unpaired) electrons. The van der Waals surface area contributed by atoms with Crippen molar-refractivity contribution in [1.29, 1.82) is 0 Å². The average Bonchev–Trinajstić information content (AvgIpc) is 3.94. The lowest BCUT2D eigenvalue weighted by molar-refractivity contribution is 0.133. The van der Waals surface area contributed by atoms with Crippen molar-refractivity contribution in [2.24, 2.45) is 0 Å². The summed E-state index contributed by atoms with van der Waals surface area (Å²) in [5, 5.41) is 3.24. The molecular formula is C42H48N2O4S3. The smallest absolute Gasteiger partial charge is 0.263 e. The van der Waals surface area contributed by atoms with Gasteiger partial charge in [0.05, 0.1) is 54.1 Å². The lowest BCUT2D eigenvalue weighted by atomic mass is 10.0. The first kappa shape index (κ1) is 35.0. The Bertz CT molecular complexity index is 2360. The highest BCUT2D eigenvalue weighted by atomic mass is 32.1. The monoisotopic (exact) mass is 740 g/mol. The van der Waals surface area contributed by atoms with Crippen molar-refractivity contribution >= 4 is 96.4 Å². The number of unbranched alkanes of at least 4 members (excludes halogenated alkanes) is 10. The van der Waals surface area contributed by atoms with Crippen molar-refractivity contribution < 1.29 is 9.47 Å². The third-order valence-corrected chi connectivity index (χ3v) is 14.0. The van der Waals surface area contributed by atoms with Crippen molar-refractivity contribution in [3.05, 3.63) is 66.9 Å². The van der Waals surface area contributed by atoms with Gasteiger partial charge in [-0.05, 0) is 49.2 Å². The van der Waals surface area contributed by atoms with Crippen LogP contribution in [-0.2, 0) is 22.3 Å². The molecule has 8 rings (SSSR count). The Kier molecular flexibility index (Phi) is 10.6. The standard InChI is InChI=1S/C42H48N2O4S3/c1-3-5-7-9-11-13-19-47-21-17-27-23-31-35(49-27)25-33-39-37-29(41(45)43(31)33)15-16-30-38(37)40(51-39)34-26-36-32(44(34)42(30)46)24-28(50-36)18-22-48-20-14-12-10-8-6-4-2/h15-16,23-26H,3-14,17-22H2,1-2H3. The fourth-order valence-corrected chi connectivity index (χ4v) is 11.3. The van der Waals surface area contributed by atoms with E-state index in [9.17, 15) is 9.59 Å². The number of ether oxygens (including phenoxy) is 2. The van der Waals surface area contributed by atoms with Crippen molar-refractivity contribution in [1.82, 2.24) is 8.80 Å². The molecule has 0 bridgehead atoms. The van der Waals surface area contributed by atoms with Gasteiger partial charge in [-0.3, -0.25) is 18.4 Å². The lowest BCUT2D eigenvalue weighted by Gasteiger charge is -2.05. The van der Waals surface area contributed by atoms with Crippen molar-refractivity contribution in [2.45, 2.75) is 104 Å². The molecule has 8 aromatic rings.